The first-order chi connectivity index (χ1) is 9.74. The molecule has 0 radical (unpaired) electrons. The molecule has 0 spiro atoms. The van der Waals surface area contributed by atoms with Gasteiger partial charge in [0.25, 0.3) is 0 Å². The monoisotopic (exact) mass is 335 g/mol. The van der Waals surface area contributed by atoms with Gasteiger partial charge in [-0.1, -0.05) is 24.3 Å². The highest BCUT2D eigenvalue weighted by Gasteiger charge is 2.04. The summed E-state index contributed by atoms with van der Waals surface area (Å²) in [5, 5.41) is 3.42. The van der Waals surface area contributed by atoms with Crippen molar-refractivity contribution in [3.63, 3.8) is 0 Å². The second-order valence-electron chi connectivity index (χ2n) is 4.40. The van der Waals surface area contributed by atoms with Crippen molar-refractivity contribution in [2.45, 2.75) is 13.2 Å². The average molecular weight is 336 g/mol. The molecule has 3 nitrogen and oxygen atoms in total. The summed E-state index contributed by atoms with van der Waals surface area (Å²) in [5.74, 6) is 0.834. The topological polar surface area (TPSA) is 30.5 Å². The minimum absolute atomic E-state index is 0.622. The predicted octanol–water partition coefficient (Wildman–Crippen LogP) is 4.22. The summed E-state index contributed by atoms with van der Waals surface area (Å²) in [4.78, 5) is 0. The van der Waals surface area contributed by atoms with Crippen LogP contribution < -0.4 is 10.1 Å². The molecule has 0 saturated carbocycles. The van der Waals surface area contributed by atoms with Crippen LogP contribution in [0.25, 0.3) is 0 Å². The van der Waals surface area contributed by atoms with Gasteiger partial charge in [0, 0.05) is 24.2 Å². The Morgan fingerprint density at radius 2 is 1.80 bits per heavy atom. The smallest absolute Gasteiger partial charge is 0.121 e. The van der Waals surface area contributed by atoms with Crippen LogP contribution in [0.15, 0.2) is 46.9 Å². The molecule has 2 aromatic rings. The van der Waals surface area contributed by atoms with Crippen molar-refractivity contribution in [1.29, 1.82) is 0 Å². The molecular weight excluding hydrogens is 318 g/mol. The molecule has 20 heavy (non-hydrogen) atoms. The molecular formula is C16H18BrNO2. The number of methoxy groups -OCH3 is 2. The fraction of sp³-hybridized carbons (Fsp3) is 0.250. The summed E-state index contributed by atoms with van der Waals surface area (Å²) < 4.78 is 11.5. The molecule has 0 aliphatic carbocycles. The van der Waals surface area contributed by atoms with Crippen LogP contribution in [0.4, 0.5) is 5.69 Å². The first-order valence-electron chi connectivity index (χ1n) is 6.37. The summed E-state index contributed by atoms with van der Waals surface area (Å²) in [6.07, 6.45) is 0. The lowest BCUT2D eigenvalue weighted by atomic mass is 10.1. The Morgan fingerprint density at radius 3 is 2.50 bits per heavy atom. The van der Waals surface area contributed by atoms with Crippen molar-refractivity contribution in [2.24, 2.45) is 0 Å². The second kappa shape index (κ2) is 7.31. The highest BCUT2D eigenvalue weighted by Crippen LogP contribution is 2.27. The van der Waals surface area contributed by atoms with Crippen LogP contribution in [0.3, 0.4) is 0 Å². The first kappa shape index (κ1) is 14.9. The van der Waals surface area contributed by atoms with E-state index in [2.05, 4.69) is 33.4 Å². The lowest BCUT2D eigenvalue weighted by molar-refractivity contribution is 0.184. The van der Waals surface area contributed by atoms with E-state index in [0.717, 1.165) is 22.5 Å². The van der Waals surface area contributed by atoms with Gasteiger partial charge in [-0.25, -0.2) is 0 Å². The molecule has 0 bridgehead atoms. The summed E-state index contributed by atoms with van der Waals surface area (Å²) in [7, 11) is 3.38. The van der Waals surface area contributed by atoms with E-state index in [4.69, 9.17) is 9.47 Å². The third-order valence-electron chi connectivity index (χ3n) is 3.06. The fourth-order valence-electron chi connectivity index (χ4n) is 1.98. The maximum atomic E-state index is 5.24. The second-order valence-corrected chi connectivity index (χ2v) is 5.26. The molecule has 0 saturated heterocycles. The minimum atomic E-state index is 0.622. The summed E-state index contributed by atoms with van der Waals surface area (Å²) in [5.41, 5.74) is 3.43. The zero-order valence-electron chi connectivity index (χ0n) is 11.7. The van der Waals surface area contributed by atoms with Crippen molar-refractivity contribution in [3.8, 4) is 5.75 Å². The number of halogens is 1. The van der Waals surface area contributed by atoms with E-state index in [1.165, 1.54) is 11.1 Å². The minimum Gasteiger partial charge on any atom is -0.497 e. The number of anilines is 1. The van der Waals surface area contributed by atoms with Gasteiger partial charge in [0.2, 0.25) is 0 Å². The zero-order valence-corrected chi connectivity index (χ0v) is 13.2. The van der Waals surface area contributed by atoms with Crippen molar-refractivity contribution in [2.75, 3.05) is 19.5 Å². The summed E-state index contributed by atoms with van der Waals surface area (Å²) in [6.45, 7) is 1.36. The van der Waals surface area contributed by atoms with E-state index < -0.39 is 0 Å². The maximum absolute atomic E-state index is 5.24. The molecule has 0 amide bonds. The van der Waals surface area contributed by atoms with Crippen molar-refractivity contribution in [3.05, 3.63) is 58.1 Å². The van der Waals surface area contributed by atoms with Crippen LogP contribution in [0.1, 0.15) is 11.1 Å². The van der Waals surface area contributed by atoms with Crippen LogP contribution >= 0.6 is 15.9 Å². The lowest BCUT2D eigenvalue weighted by Gasteiger charge is -2.13. The Hall–Kier alpha value is -1.52. The number of ether oxygens (including phenoxy) is 2. The number of nitrogens with one attached hydrogen (secondary N) is 1. The van der Waals surface area contributed by atoms with Crippen LogP contribution in [-0.4, -0.2) is 14.2 Å². The molecule has 0 aliphatic rings. The molecule has 0 heterocycles. The van der Waals surface area contributed by atoms with Gasteiger partial charge in [-0.05, 0) is 39.2 Å². The van der Waals surface area contributed by atoms with Gasteiger partial charge < -0.3 is 14.8 Å². The number of rotatable bonds is 6. The van der Waals surface area contributed by atoms with Gasteiger partial charge in [-0.2, -0.15) is 0 Å². The number of benzene rings is 2. The van der Waals surface area contributed by atoms with Crippen LogP contribution in [0.2, 0.25) is 0 Å². The molecule has 4 heteroatoms. The van der Waals surface area contributed by atoms with Gasteiger partial charge in [0.15, 0.2) is 0 Å². The van der Waals surface area contributed by atoms with Gasteiger partial charge >= 0.3 is 0 Å². The van der Waals surface area contributed by atoms with Crippen LogP contribution in [0, 0.1) is 0 Å². The van der Waals surface area contributed by atoms with E-state index in [9.17, 15) is 0 Å². The Bertz CT molecular complexity index is 572. The van der Waals surface area contributed by atoms with E-state index in [1.54, 1.807) is 14.2 Å². The zero-order chi connectivity index (χ0) is 14.4. The number of hydrogen-bond acceptors (Lipinski definition) is 3. The van der Waals surface area contributed by atoms with Crippen molar-refractivity contribution in [1.82, 2.24) is 0 Å². The third kappa shape index (κ3) is 3.74. The van der Waals surface area contributed by atoms with E-state index in [-0.39, 0.29) is 0 Å². The van der Waals surface area contributed by atoms with Crippen molar-refractivity contribution < 1.29 is 9.47 Å². The molecule has 106 valence electrons. The Kier molecular flexibility index (Phi) is 5.44. The highest BCUT2D eigenvalue weighted by molar-refractivity contribution is 9.10. The van der Waals surface area contributed by atoms with Gasteiger partial charge in [-0.15, -0.1) is 0 Å². The maximum Gasteiger partial charge on any atom is 0.121 e. The molecule has 1 N–H and O–H groups in total. The van der Waals surface area contributed by atoms with Gasteiger partial charge in [-0.3, -0.25) is 0 Å². The van der Waals surface area contributed by atoms with Gasteiger partial charge in [0.05, 0.1) is 19.4 Å². The molecule has 0 unspecified atom stereocenters. The first-order valence-corrected chi connectivity index (χ1v) is 7.17. The molecule has 0 aromatic heterocycles. The van der Waals surface area contributed by atoms with Crippen LogP contribution in [-0.2, 0) is 17.9 Å². The Morgan fingerprint density at radius 1 is 1.05 bits per heavy atom. The molecule has 0 fully saturated rings. The SMILES string of the molecule is COCc1ccccc1CNc1cc(OC)ccc1Br. The molecule has 2 aromatic carbocycles. The largest absolute Gasteiger partial charge is 0.497 e. The third-order valence-corrected chi connectivity index (χ3v) is 3.75. The van der Waals surface area contributed by atoms with E-state index in [0.29, 0.717) is 6.61 Å². The lowest BCUT2D eigenvalue weighted by Crippen LogP contribution is -2.04. The molecule has 0 atom stereocenters. The van der Waals surface area contributed by atoms with Gasteiger partial charge in [0.1, 0.15) is 5.75 Å². The Balaban J connectivity index is 2.12. The van der Waals surface area contributed by atoms with E-state index in [1.807, 2.05) is 30.3 Å². The quantitative estimate of drug-likeness (QED) is 0.857. The van der Waals surface area contributed by atoms with E-state index >= 15 is 0 Å². The fourth-order valence-corrected chi connectivity index (χ4v) is 2.37. The Labute approximate surface area is 128 Å². The average Bonchev–Trinajstić information content (AvgIpc) is 2.48. The highest BCUT2D eigenvalue weighted by atomic mass is 79.9. The molecule has 0 aliphatic heterocycles. The number of hydrogen-bond donors (Lipinski definition) is 1. The predicted molar refractivity (Wildman–Crippen MR) is 85.2 cm³/mol. The molecule has 2 rings (SSSR count). The van der Waals surface area contributed by atoms with Crippen LogP contribution in [0.5, 0.6) is 5.75 Å². The summed E-state index contributed by atoms with van der Waals surface area (Å²) >= 11 is 3.54. The summed E-state index contributed by atoms with van der Waals surface area (Å²) in [6, 6.07) is 14.1. The standard InChI is InChI=1S/C16H18BrNO2/c1-19-11-13-6-4-3-5-12(13)10-18-16-9-14(20-2)7-8-15(16)17/h3-9,18H,10-11H2,1-2H3. The van der Waals surface area contributed by atoms with Crippen molar-refractivity contribution >= 4 is 21.6 Å². The normalized spacial score (nSPS) is 10.3.